The maximum absolute atomic E-state index is 11.7. The van der Waals surface area contributed by atoms with Crippen LogP contribution in [0.2, 0.25) is 0 Å². The number of pyridine rings is 1. The highest BCUT2D eigenvalue weighted by Gasteiger charge is 2.34. The molecule has 3 rings (SSSR count). The van der Waals surface area contributed by atoms with Gasteiger partial charge in [-0.25, -0.2) is 9.98 Å². The summed E-state index contributed by atoms with van der Waals surface area (Å²) in [6, 6.07) is 13.4. The quantitative estimate of drug-likeness (QED) is 0.808. The number of hydrogen-bond acceptors (Lipinski definition) is 4. The molecule has 1 aliphatic rings. The third kappa shape index (κ3) is 2.76. The lowest BCUT2D eigenvalue weighted by molar-refractivity contribution is -0.111. The van der Waals surface area contributed by atoms with Gasteiger partial charge in [-0.05, 0) is 43.8 Å². The monoisotopic (exact) mass is 311 g/mol. The smallest absolute Gasteiger partial charge is 0.171 e. The first-order chi connectivity index (χ1) is 10.7. The molecule has 0 saturated carbocycles. The molecule has 112 valence electrons. The highest BCUT2D eigenvalue weighted by molar-refractivity contribution is 8.13. The van der Waals surface area contributed by atoms with E-state index in [0.717, 1.165) is 27.7 Å². The summed E-state index contributed by atoms with van der Waals surface area (Å²) in [6.45, 7) is 4.14. The number of aliphatic imine (C=N–C) groups is 1. The SMILES string of the molecule is CC(C)N1C(=Nc2ccccc2)Sc2ncccc2C1C=O. The van der Waals surface area contributed by atoms with Crippen LogP contribution in [0.5, 0.6) is 0 Å². The van der Waals surface area contributed by atoms with Crippen LogP contribution in [0.3, 0.4) is 0 Å². The van der Waals surface area contributed by atoms with E-state index in [9.17, 15) is 4.79 Å². The molecule has 0 fully saturated rings. The Morgan fingerprint density at radius 3 is 2.68 bits per heavy atom. The number of amidine groups is 1. The molecule has 0 saturated heterocycles. The molecule has 1 aliphatic heterocycles. The molecule has 0 amide bonds. The second-order valence-corrected chi connectivity index (χ2v) is 6.27. The van der Waals surface area contributed by atoms with Crippen LogP contribution in [0.15, 0.2) is 58.7 Å². The first kappa shape index (κ1) is 14.8. The Labute approximate surface area is 134 Å². The lowest BCUT2D eigenvalue weighted by atomic mass is 10.1. The number of fused-ring (bicyclic) bond motifs is 1. The zero-order valence-electron chi connectivity index (χ0n) is 12.5. The van der Waals surface area contributed by atoms with Gasteiger partial charge in [-0.2, -0.15) is 0 Å². The van der Waals surface area contributed by atoms with Crippen molar-refractivity contribution in [2.45, 2.75) is 31.0 Å². The Morgan fingerprint density at radius 1 is 1.23 bits per heavy atom. The van der Waals surface area contributed by atoms with Crippen molar-refractivity contribution in [1.82, 2.24) is 9.88 Å². The van der Waals surface area contributed by atoms with Gasteiger partial charge in [0.05, 0.1) is 5.69 Å². The minimum absolute atomic E-state index is 0.165. The number of hydrogen-bond donors (Lipinski definition) is 0. The Bertz CT molecular complexity index is 700. The Hall–Kier alpha value is -2.14. The topological polar surface area (TPSA) is 45.6 Å². The average Bonchev–Trinajstić information content (AvgIpc) is 2.54. The summed E-state index contributed by atoms with van der Waals surface area (Å²) in [4.78, 5) is 22.9. The third-order valence-corrected chi connectivity index (χ3v) is 4.51. The molecule has 2 aromatic rings. The molecule has 5 heteroatoms. The zero-order chi connectivity index (χ0) is 15.5. The zero-order valence-corrected chi connectivity index (χ0v) is 13.3. The van der Waals surface area contributed by atoms with Crippen molar-refractivity contribution in [1.29, 1.82) is 0 Å². The second-order valence-electron chi connectivity index (χ2n) is 5.31. The van der Waals surface area contributed by atoms with Gasteiger partial charge in [-0.1, -0.05) is 24.3 Å². The van der Waals surface area contributed by atoms with E-state index in [1.165, 1.54) is 11.8 Å². The van der Waals surface area contributed by atoms with E-state index in [-0.39, 0.29) is 12.1 Å². The minimum atomic E-state index is -0.340. The fourth-order valence-electron chi connectivity index (χ4n) is 2.50. The maximum atomic E-state index is 11.7. The van der Waals surface area contributed by atoms with Gasteiger partial charge in [0.1, 0.15) is 17.4 Å². The second kappa shape index (κ2) is 6.32. The number of nitrogens with zero attached hydrogens (tertiary/aromatic N) is 3. The number of benzene rings is 1. The van der Waals surface area contributed by atoms with Crippen molar-refractivity contribution in [2.75, 3.05) is 0 Å². The first-order valence-corrected chi connectivity index (χ1v) is 8.02. The molecule has 0 spiro atoms. The number of rotatable bonds is 3. The number of para-hydroxylation sites is 1. The summed E-state index contributed by atoms with van der Waals surface area (Å²) in [5.41, 5.74) is 1.82. The van der Waals surface area contributed by atoms with Crippen LogP contribution >= 0.6 is 11.8 Å². The van der Waals surface area contributed by atoms with E-state index in [2.05, 4.69) is 23.7 Å². The van der Waals surface area contributed by atoms with E-state index in [1.54, 1.807) is 6.20 Å². The van der Waals surface area contributed by atoms with E-state index in [0.29, 0.717) is 0 Å². The van der Waals surface area contributed by atoms with Crippen LogP contribution in [0.4, 0.5) is 5.69 Å². The van der Waals surface area contributed by atoms with Gasteiger partial charge in [0.15, 0.2) is 5.17 Å². The maximum Gasteiger partial charge on any atom is 0.171 e. The van der Waals surface area contributed by atoms with E-state index < -0.39 is 0 Å². The van der Waals surface area contributed by atoms with Gasteiger partial charge in [-0.3, -0.25) is 0 Å². The highest BCUT2D eigenvalue weighted by atomic mass is 32.2. The van der Waals surface area contributed by atoms with Gasteiger partial charge in [0.2, 0.25) is 0 Å². The molecule has 0 bridgehead atoms. The predicted octanol–water partition coefficient (Wildman–Crippen LogP) is 3.83. The lowest BCUT2D eigenvalue weighted by Gasteiger charge is -2.38. The summed E-state index contributed by atoms with van der Waals surface area (Å²) in [7, 11) is 0. The molecular weight excluding hydrogens is 294 g/mol. The summed E-state index contributed by atoms with van der Waals surface area (Å²) in [5.74, 6) is 0. The molecule has 1 aromatic carbocycles. The van der Waals surface area contributed by atoms with Crippen molar-refractivity contribution < 1.29 is 4.79 Å². The number of carbonyl (C=O) groups excluding carboxylic acids is 1. The number of aromatic nitrogens is 1. The van der Waals surface area contributed by atoms with Gasteiger partial charge in [-0.15, -0.1) is 0 Å². The van der Waals surface area contributed by atoms with Gasteiger partial charge < -0.3 is 9.69 Å². The van der Waals surface area contributed by atoms with Crippen molar-refractivity contribution >= 4 is 28.9 Å². The molecule has 1 unspecified atom stereocenters. The fourth-order valence-corrected chi connectivity index (χ4v) is 3.67. The van der Waals surface area contributed by atoms with Crippen molar-refractivity contribution in [3.05, 3.63) is 54.2 Å². The standard InChI is InChI=1S/C17H17N3OS/c1-12(2)20-15(11-21)14-9-6-10-18-16(14)22-17(20)19-13-7-4-3-5-8-13/h3-12,15H,1-2H3. The van der Waals surface area contributed by atoms with E-state index in [1.807, 2.05) is 42.5 Å². The van der Waals surface area contributed by atoms with Crippen molar-refractivity contribution in [3.8, 4) is 0 Å². The minimum Gasteiger partial charge on any atom is -0.334 e. The number of carbonyl (C=O) groups is 1. The molecule has 0 N–H and O–H groups in total. The van der Waals surface area contributed by atoms with E-state index in [4.69, 9.17) is 4.99 Å². The number of thioether (sulfide) groups is 1. The number of aldehydes is 1. The van der Waals surface area contributed by atoms with Crippen LogP contribution < -0.4 is 0 Å². The van der Waals surface area contributed by atoms with Crippen LogP contribution in [0.25, 0.3) is 0 Å². The fraction of sp³-hybridized carbons (Fsp3) is 0.235. The molecule has 0 radical (unpaired) electrons. The molecule has 2 heterocycles. The van der Waals surface area contributed by atoms with Crippen molar-refractivity contribution in [3.63, 3.8) is 0 Å². The van der Waals surface area contributed by atoms with Crippen LogP contribution in [-0.4, -0.2) is 27.4 Å². The lowest BCUT2D eigenvalue weighted by Crippen LogP contribution is -2.42. The Kier molecular flexibility index (Phi) is 4.24. The molecule has 22 heavy (non-hydrogen) atoms. The highest BCUT2D eigenvalue weighted by Crippen LogP contribution is 2.39. The van der Waals surface area contributed by atoms with Gasteiger partial charge in [0.25, 0.3) is 0 Å². The van der Waals surface area contributed by atoms with Crippen LogP contribution in [-0.2, 0) is 4.79 Å². The summed E-state index contributed by atoms with van der Waals surface area (Å²) >= 11 is 1.51. The summed E-state index contributed by atoms with van der Waals surface area (Å²) in [6.07, 6.45) is 2.72. The average molecular weight is 311 g/mol. The van der Waals surface area contributed by atoms with E-state index >= 15 is 0 Å². The third-order valence-electron chi connectivity index (χ3n) is 3.49. The summed E-state index contributed by atoms with van der Waals surface area (Å²) in [5, 5.41) is 1.66. The first-order valence-electron chi connectivity index (χ1n) is 7.21. The Morgan fingerprint density at radius 2 is 2.00 bits per heavy atom. The normalized spacial score (nSPS) is 19.3. The molecule has 4 nitrogen and oxygen atoms in total. The van der Waals surface area contributed by atoms with Gasteiger partial charge in [0, 0.05) is 17.8 Å². The van der Waals surface area contributed by atoms with Crippen LogP contribution in [0.1, 0.15) is 25.5 Å². The Balaban J connectivity index is 2.10. The molecule has 1 atom stereocenters. The molecule has 1 aromatic heterocycles. The molecule has 0 aliphatic carbocycles. The van der Waals surface area contributed by atoms with Crippen molar-refractivity contribution in [2.24, 2.45) is 4.99 Å². The van der Waals surface area contributed by atoms with Crippen LogP contribution in [0, 0.1) is 0 Å². The molecular formula is C17H17N3OS. The van der Waals surface area contributed by atoms with Gasteiger partial charge >= 0.3 is 0 Å². The largest absolute Gasteiger partial charge is 0.334 e. The summed E-state index contributed by atoms with van der Waals surface area (Å²) < 4.78 is 0. The predicted molar refractivity (Wildman–Crippen MR) is 89.4 cm³/mol.